The molecule has 5 heteroatoms. The molecule has 2 N–H and O–H groups in total. The van der Waals surface area contributed by atoms with Gasteiger partial charge in [0.15, 0.2) is 0 Å². The van der Waals surface area contributed by atoms with Crippen molar-refractivity contribution in [3.8, 4) is 0 Å². The number of amides is 1. The number of carbonyl (C=O) groups is 2. The molecule has 0 fully saturated rings. The molecule has 0 aromatic rings. The molecule has 0 saturated heterocycles. The molecule has 0 saturated carbocycles. The number of hydrogen-bond donors (Lipinski definition) is 2. The Hall–Kier alpha value is -1.10. The Morgan fingerprint density at radius 3 is 2.39 bits per heavy atom. The Morgan fingerprint density at radius 2 is 1.89 bits per heavy atom. The van der Waals surface area contributed by atoms with Crippen molar-refractivity contribution >= 4 is 11.9 Å². The zero-order valence-corrected chi connectivity index (χ0v) is 11.8. The van der Waals surface area contributed by atoms with Gasteiger partial charge in [-0.15, -0.1) is 0 Å². The first-order valence-corrected chi connectivity index (χ1v) is 6.33. The van der Waals surface area contributed by atoms with Crippen molar-refractivity contribution in [1.82, 2.24) is 5.32 Å². The average molecular weight is 259 g/mol. The second-order valence-corrected chi connectivity index (χ2v) is 5.51. The molecule has 106 valence electrons. The Balaban J connectivity index is 3.63. The summed E-state index contributed by atoms with van der Waals surface area (Å²) in [6, 6.07) is 0. The van der Waals surface area contributed by atoms with Crippen molar-refractivity contribution in [2.45, 2.75) is 40.5 Å². The zero-order valence-electron chi connectivity index (χ0n) is 11.8. The number of carboxylic acids is 1. The molecule has 0 radical (unpaired) electrons. The SMILES string of the molecule is CC(C)CCOCCNC(=O)CC(C)(C)C(=O)O. The van der Waals surface area contributed by atoms with Gasteiger partial charge in [-0.2, -0.15) is 0 Å². The van der Waals surface area contributed by atoms with Gasteiger partial charge < -0.3 is 15.2 Å². The summed E-state index contributed by atoms with van der Waals surface area (Å²) >= 11 is 0. The van der Waals surface area contributed by atoms with Gasteiger partial charge in [-0.3, -0.25) is 9.59 Å². The summed E-state index contributed by atoms with van der Waals surface area (Å²) in [6.07, 6.45) is 0.980. The lowest BCUT2D eigenvalue weighted by molar-refractivity contribution is -0.149. The summed E-state index contributed by atoms with van der Waals surface area (Å²) < 4.78 is 5.34. The molecule has 0 bridgehead atoms. The van der Waals surface area contributed by atoms with Gasteiger partial charge in [0.2, 0.25) is 5.91 Å². The minimum Gasteiger partial charge on any atom is -0.481 e. The molecule has 0 aliphatic rings. The third-order valence-corrected chi connectivity index (χ3v) is 2.59. The minimum atomic E-state index is -1.03. The number of rotatable bonds is 9. The topological polar surface area (TPSA) is 75.6 Å². The van der Waals surface area contributed by atoms with Crippen molar-refractivity contribution in [2.24, 2.45) is 11.3 Å². The van der Waals surface area contributed by atoms with Crippen LogP contribution in [0.5, 0.6) is 0 Å². The van der Waals surface area contributed by atoms with Gasteiger partial charge >= 0.3 is 5.97 Å². The van der Waals surface area contributed by atoms with Gasteiger partial charge in [0.25, 0.3) is 0 Å². The van der Waals surface area contributed by atoms with E-state index < -0.39 is 11.4 Å². The van der Waals surface area contributed by atoms with Crippen molar-refractivity contribution < 1.29 is 19.4 Å². The minimum absolute atomic E-state index is 0.0195. The lowest BCUT2D eigenvalue weighted by Crippen LogP contribution is -2.34. The van der Waals surface area contributed by atoms with E-state index in [1.807, 2.05) is 0 Å². The molecule has 5 nitrogen and oxygen atoms in total. The van der Waals surface area contributed by atoms with E-state index in [1.165, 1.54) is 13.8 Å². The molecule has 0 aliphatic carbocycles. The molecule has 0 rings (SSSR count). The van der Waals surface area contributed by atoms with E-state index in [0.717, 1.165) is 6.42 Å². The fourth-order valence-electron chi connectivity index (χ4n) is 1.22. The third kappa shape index (κ3) is 8.06. The molecular weight excluding hydrogens is 234 g/mol. The summed E-state index contributed by atoms with van der Waals surface area (Å²) in [6.45, 7) is 8.90. The number of hydrogen-bond acceptors (Lipinski definition) is 3. The first-order chi connectivity index (χ1) is 8.25. The Kier molecular flexibility index (Phi) is 7.59. The van der Waals surface area contributed by atoms with E-state index in [2.05, 4.69) is 19.2 Å². The number of carboxylic acid groups (broad SMARTS) is 1. The van der Waals surface area contributed by atoms with E-state index in [0.29, 0.717) is 25.7 Å². The highest BCUT2D eigenvalue weighted by Crippen LogP contribution is 2.19. The summed E-state index contributed by atoms with van der Waals surface area (Å²) in [5.41, 5.74) is -1.03. The quantitative estimate of drug-likeness (QED) is 0.618. The Morgan fingerprint density at radius 1 is 1.28 bits per heavy atom. The second-order valence-electron chi connectivity index (χ2n) is 5.51. The predicted octanol–water partition coefficient (Wildman–Crippen LogP) is 1.67. The largest absolute Gasteiger partial charge is 0.481 e. The van der Waals surface area contributed by atoms with E-state index in [4.69, 9.17) is 9.84 Å². The van der Waals surface area contributed by atoms with E-state index >= 15 is 0 Å². The highest BCUT2D eigenvalue weighted by molar-refractivity contribution is 5.84. The molecule has 0 atom stereocenters. The first-order valence-electron chi connectivity index (χ1n) is 6.33. The van der Waals surface area contributed by atoms with Gasteiger partial charge in [-0.05, 0) is 26.2 Å². The maximum atomic E-state index is 11.5. The van der Waals surface area contributed by atoms with Gasteiger partial charge in [0.1, 0.15) is 0 Å². The maximum absolute atomic E-state index is 11.5. The second kappa shape index (κ2) is 8.08. The molecule has 0 aromatic carbocycles. The lowest BCUT2D eigenvalue weighted by Gasteiger charge is -2.18. The monoisotopic (exact) mass is 259 g/mol. The van der Waals surface area contributed by atoms with Crippen molar-refractivity contribution in [1.29, 1.82) is 0 Å². The van der Waals surface area contributed by atoms with Crippen LogP contribution in [0, 0.1) is 11.3 Å². The van der Waals surface area contributed by atoms with Gasteiger partial charge in [-0.25, -0.2) is 0 Å². The van der Waals surface area contributed by atoms with Gasteiger partial charge in [-0.1, -0.05) is 13.8 Å². The van der Waals surface area contributed by atoms with Crippen molar-refractivity contribution in [3.05, 3.63) is 0 Å². The fraction of sp³-hybridized carbons (Fsp3) is 0.846. The summed E-state index contributed by atoms with van der Waals surface area (Å²) in [4.78, 5) is 22.3. The summed E-state index contributed by atoms with van der Waals surface area (Å²) in [5.74, 6) is -0.614. The predicted molar refractivity (Wildman–Crippen MR) is 69.3 cm³/mol. The van der Waals surface area contributed by atoms with Crippen molar-refractivity contribution in [2.75, 3.05) is 19.8 Å². The number of carbonyl (C=O) groups excluding carboxylic acids is 1. The Labute approximate surface area is 109 Å². The summed E-state index contributed by atoms with van der Waals surface area (Å²) in [7, 11) is 0. The lowest BCUT2D eigenvalue weighted by atomic mass is 9.89. The van der Waals surface area contributed by atoms with Crippen LogP contribution in [0.2, 0.25) is 0 Å². The molecule has 0 aliphatic heterocycles. The highest BCUT2D eigenvalue weighted by Gasteiger charge is 2.29. The fourth-order valence-corrected chi connectivity index (χ4v) is 1.22. The third-order valence-electron chi connectivity index (χ3n) is 2.59. The van der Waals surface area contributed by atoms with Crippen LogP contribution >= 0.6 is 0 Å². The van der Waals surface area contributed by atoms with E-state index in [9.17, 15) is 9.59 Å². The van der Waals surface area contributed by atoms with Crippen LogP contribution in [0.15, 0.2) is 0 Å². The molecule has 0 unspecified atom stereocenters. The first kappa shape index (κ1) is 16.9. The van der Waals surface area contributed by atoms with Crippen molar-refractivity contribution in [3.63, 3.8) is 0 Å². The van der Waals surface area contributed by atoms with Crippen LogP contribution in [0.1, 0.15) is 40.5 Å². The van der Waals surface area contributed by atoms with Crippen LogP contribution in [0.25, 0.3) is 0 Å². The number of ether oxygens (including phenoxy) is 1. The van der Waals surface area contributed by atoms with Crippen LogP contribution < -0.4 is 5.32 Å². The van der Waals surface area contributed by atoms with Crippen LogP contribution in [-0.2, 0) is 14.3 Å². The summed E-state index contributed by atoms with van der Waals surface area (Å²) in [5, 5.41) is 11.5. The van der Waals surface area contributed by atoms with Crippen LogP contribution in [0.3, 0.4) is 0 Å². The molecule has 0 spiro atoms. The average Bonchev–Trinajstić information content (AvgIpc) is 2.21. The Bertz CT molecular complexity index is 274. The van der Waals surface area contributed by atoms with Crippen LogP contribution in [0.4, 0.5) is 0 Å². The molecule has 0 aromatic heterocycles. The maximum Gasteiger partial charge on any atom is 0.309 e. The molecule has 0 heterocycles. The molecular formula is C13H25NO4. The standard InChI is InChI=1S/C13H25NO4/c1-10(2)5-7-18-8-6-14-11(15)9-13(3,4)12(16)17/h10H,5-9H2,1-4H3,(H,14,15)(H,16,17). The van der Waals surface area contributed by atoms with Gasteiger partial charge in [0, 0.05) is 19.6 Å². The smallest absolute Gasteiger partial charge is 0.309 e. The van der Waals surface area contributed by atoms with E-state index in [1.54, 1.807) is 0 Å². The number of aliphatic carboxylic acids is 1. The highest BCUT2D eigenvalue weighted by atomic mass is 16.5. The zero-order chi connectivity index (χ0) is 14.2. The molecule has 18 heavy (non-hydrogen) atoms. The van der Waals surface area contributed by atoms with Crippen LogP contribution in [-0.4, -0.2) is 36.7 Å². The molecule has 1 amide bonds. The van der Waals surface area contributed by atoms with E-state index in [-0.39, 0.29) is 12.3 Å². The number of nitrogens with one attached hydrogen (secondary N) is 1. The van der Waals surface area contributed by atoms with Gasteiger partial charge in [0.05, 0.1) is 12.0 Å². The normalized spacial score (nSPS) is 11.6.